The minimum absolute atomic E-state index is 0.194. The fourth-order valence-electron chi connectivity index (χ4n) is 0.997. The van der Waals surface area contributed by atoms with Gasteiger partial charge in [-0.25, -0.2) is 0 Å². The lowest BCUT2D eigenvalue weighted by Crippen LogP contribution is -2.04. The third-order valence-electron chi connectivity index (χ3n) is 1.56. The molecule has 1 atom stereocenters. The first-order chi connectivity index (χ1) is 5.70. The number of carbonyl (C=O) groups excluding carboxylic acids is 1. The molecule has 1 aromatic rings. The molecule has 0 aliphatic carbocycles. The monoisotopic (exact) mass is 226 g/mol. The standard InChI is InChI=1S/C10H11BrO/c1-8(11)7-10(12)9-5-3-2-4-6-9/h2-6,8H,7H2,1H3. The molecule has 0 aromatic heterocycles. The van der Waals surface area contributed by atoms with E-state index in [1.807, 2.05) is 37.3 Å². The zero-order valence-electron chi connectivity index (χ0n) is 6.96. The molecular formula is C10H11BrO. The molecule has 0 aliphatic heterocycles. The van der Waals surface area contributed by atoms with Gasteiger partial charge in [0, 0.05) is 16.8 Å². The summed E-state index contributed by atoms with van der Waals surface area (Å²) in [6.45, 7) is 1.97. The molecule has 0 N–H and O–H groups in total. The summed E-state index contributed by atoms with van der Waals surface area (Å²) in [7, 11) is 0. The molecule has 12 heavy (non-hydrogen) atoms. The number of alkyl halides is 1. The van der Waals surface area contributed by atoms with Crippen LogP contribution in [0.25, 0.3) is 0 Å². The van der Waals surface area contributed by atoms with Crippen molar-refractivity contribution in [2.75, 3.05) is 0 Å². The van der Waals surface area contributed by atoms with Gasteiger partial charge in [-0.05, 0) is 0 Å². The fourth-order valence-corrected chi connectivity index (χ4v) is 1.29. The maximum absolute atomic E-state index is 11.4. The lowest BCUT2D eigenvalue weighted by molar-refractivity contribution is 0.0984. The maximum Gasteiger partial charge on any atom is 0.163 e. The minimum Gasteiger partial charge on any atom is -0.294 e. The summed E-state index contributed by atoms with van der Waals surface area (Å²) >= 11 is 3.35. The normalized spacial score (nSPS) is 12.5. The van der Waals surface area contributed by atoms with Gasteiger partial charge in [0.2, 0.25) is 0 Å². The molecule has 2 heteroatoms. The Kier molecular flexibility index (Phi) is 3.48. The van der Waals surface area contributed by atoms with Crippen LogP contribution < -0.4 is 0 Å². The number of carbonyl (C=O) groups is 1. The van der Waals surface area contributed by atoms with E-state index in [9.17, 15) is 4.79 Å². The van der Waals surface area contributed by atoms with Crippen molar-refractivity contribution in [2.45, 2.75) is 18.2 Å². The van der Waals surface area contributed by atoms with Crippen molar-refractivity contribution in [3.63, 3.8) is 0 Å². The second-order valence-corrected chi connectivity index (χ2v) is 4.34. The summed E-state index contributed by atoms with van der Waals surface area (Å²) in [6.07, 6.45) is 0.560. The van der Waals surface area contributed by atoms with Gasteiger partial charge in [0.25, 0.3) is 0 Å². The Hall–Kier alpha value is -0.630. The maximum atomic E-state index is 11.4. The summed E-state index contributed by atoms with van der Waals surface area (Å²) in [5.41, 5.74) is 0.795. The van der Waals surface area contributed by atoms with E-state index >= 15 is 0 Å². The van der Waals surface area contributed by atoms with Gasteiger partial charge in [0.05, 0.1) is 0 Å². The second kappa shape index (κ2) is 4.41. The van der Waals surface area contributed by atoms with Gasteiger partial charge >= 0.3 is 0 Å². The van der Waals surface area contributed by atoms with Crippen LogP contribution in [0.4, 0.5) is 0 Å². The van der Waals surface area contributed by atoms with Crippen molar-refractivity contribution in [1.82, 2.24) is 0 Å². The number of hydrogen-bond donors (Lipinski definition) is 0. The van der Waals surface area contributed by atoms with E-state index in [1.54, 1.807) is 0 Å². The number of rotatable bonds is 3. The average Bonchev–Trinajstić information content (AvgIpc) is 2.05. The van der Waals surface area contributed by atoms with Crippen molar-refractivity contribution in [3.8, 4) is 0 Å². The van der Waals surface area contributed by atoms with E-state index in [-0.39, 0.29) is 10.6 Å². The van der Waals surface area contributed by atoms with Crippen LogP contribution in [0.1, 0.15) is 23.7 Å². The predicted octanol–water partition coefficient (Wildman–Crippen LogP) is 3.04. The van der Waals surface area contributed by atoms with Gasteiger partial charge < -0.3 is 0 Å². The largest absolute Gasteiger partial charge is 0.294 e. The lowest BCUT2D eigenvalue weighted by atomic mass is 10.1. The molecule has 0 bridgehead atoms. The van der Waals surface area contributed by atoms with E-state index in [0.717, 1.165) is 5.56 Å². The molecule has 0 amide bonds. The smallest absolute Gasteiger partial charge is 0.163 e. The van der Waals surface area contributed by atoms with E-state index < -0.39 is 0 Å². The Bertz CT molecular complexity index is 254. The highest BCUT2D eigenvalue weighted by molar-refractivity contribution is 9.09. The van der Waals surface area contributed by atoms with Crippen molar-refractivity contribution in [1.29, 1.82) is 0 Å². The third kappa shape index (κ3) is 2.78. The third-order valence-corrected chi connectivity index (χ3v) is 1.89. The highest BCUT2D eigenvalue weighted by Crippen LogP contribution is 2.09. The molecule has 0 saturated heterocycles. The molecule has 0 fully saturated rings. The molecule has 0 spiro atoms. The minimum atomic E-state index is 0.194. The first-order valence-corrected chi connectivity index (χ1v) is 4.84. The first kappa shape index (κ1) is 9.46. The Labute approximate surface area is 80.9 Å². The van der Waals surface area contributed by atoms with Gasteiger partial charge in [-0.2, -0.15) is 0 Å². The predicted molar refractivity (Wildman–Crippen MR) is 53.8 cm³/mol. The number of ketones is 1. The Morgan fingerprint density at radius 3 is 2.50 bits per heavy atom. The topological polar surface area (TPSA) is 17.1 Å². The summed E-state index contributed by atoms with van der Waals surface area (Å²) in [5, 5.41) is 0. The molecule has 1 nitrogen and oxygen atoms in total. The summed E-state index contributed by atoms with van der Waals surface area (Å²) in [4.78, 5) is 11.7. The van der Waals surface area contributed by atoms with Crippen molar-refractivity contribution < 1.29 is 4.79 Å². The molecule has 1 aromatic carbocycles. The summed E-state index contributed by atoms with van der Waals surface area (Å²) in [5.74, 6) is 0.194. The van der Waals surface area contributed by atoms with Gasteiger partial charge in [-0.3, -0.25) is 4.79 Å². The van der Waals surface area contributed by atoms with E-state index in [1.165, 1.54) is 0 Å². The van der Waals surface area contributed by atoms with E-state index in [2.05, 4.69) is 15.9 Å². The highest BCUT2D eigenvalue weighted by atomic mass is 79.9. The van der Waals surface area contributed by atoms with Crippen LogP contribution in [0.2, 0.25) is 0 Å². The average molecular weight is 227 g/mol. The molecule has 0 heterocycles. The Morgan fingerprint density at radius 2 is 2.00 bits per heavy atom. The molecule has 1 rings (SSSR count). The molecule has 64 valence electrons. The first-order valence-electron chi connectivity index (χ1n) is 3.92. The van der Waals surface area contributed by atoms with Crippen molar-refractivity contribution >= 4 is 21.7 Å². The summed E-state index contributed by atoms with van der Waals surface area (Å²) in [6, 6.07) is 9.36. The van der Waals surface area contributed by atoms with Crippen molar-refractivity contribution in [3.05, 3.63) is 35.9 Å². The molecule has 1 unspecified atom stereocenters. The number of Topliss-reactive ketones (excluding diaryl/α,β-unsaturated/α-hetero) is 1. The van der Waals surface area contributed by atoms with Crippen LogP contribution in [-0.2, 0) is 0 Å². The van der Waals surface area contributed by atoms with E-state index in [4.69, 9.17) is 0 Å². The Balaban J connectivity index is 2.66. The molecule has 0 saturated carbocycles. The zero-order valence-corrected chi connectivity index (χ0v) is 8.54. The molecule has 0 aliphatic rings. The second-order valence-electron chi connectivity index (χ2n) is 2.77. The fraction of sp³-hybridized carbons (Fsp3) is 0.300. The highest BCUT2D eigenvalue weighted by Gasteiger charge is 2.07. The van der Waals surface area contributed by atoms with Gasteiger partial charge in [-0.15, -0.1) is 0 Å². The van der Waals surface area contributed by atoms with Crippen LogP contribution in [0.5, 0.6) is 0 Å². The zero-order chi connectivity index (χ0) is 8.97. The lowest BCUT2D eigenvalue weighted by Gasteiger charge is -2.01. The van der Waals surface area contributed by atoms with E-state index in [0.29, 0.717) is 6.42 Å². The van der Waals surface area contributed by atoms with Crippen LogP contribution >= 0.6 is 15.9 Å². The summed E-state index contributed by atoms with van der Waals surface area (Å²) < 4.78 is 0. The number of hydrogen-bond acceptors (Lipinski definition) is 1. The van der Waals surface area contributed by atoms with Crippen LogP contribution in [-0.4, -0.2) is 10.6 Å². The SMILES string of the molecule is CC(Br)CC(=O)c1ccccc1. The van der Waals surface area contributed by atoms with Crippen molar-refractivity contribution in [2.24, 2.45) is 0 Å². The van der Waals surface area contributed by atoms with Gasteiger partial charge in [0.1, 0.15) is 0 Å². The van der Waals surface area contributed by atoms with Crippen LogP contribution in [0.15, 0.2) is 30.3 Å². The molecule has 0 radical (unpaired) electrons. The number of halogens is 1. The van der Waals surface area contributed by atoms with Crippen LogP contribution in [0.3, 0.4) is 0 Å². The quantitative estimate of drug-likeness (QED) is 0.572. The van der Waals surface area contributed by atoms with Gasteiger partial charge in [0.15, 0.2) is 5.78 Å². The number of benzene rings is 1. The van der Waals surface area contributed by atoms with Gasteiger partial charge in [-0.1, -0.05) is 53.2 Å². The van der Waals surface area contributed by atoms with Crippen LogP contribution in [0, 0.1) is 0 Å². The molecular weight excluding hydrogens is 216 g/mol. The Morgan fingerprint density at radius 1 is 1.42 bits per heavy atom.